The molecule has 0 saturated heterocycles. The van der Waals surface area contributed by atoms with Crippen molar-refractivity contribution in [2.75, 3.05) is 7.11 Å². The molecule has 0 aliphatic heterocycles. The van der Waals surface area contributed by atoms with E-state index in [2.05, 4.69) is 11.7 Å². The van der Waals surface area contributed by atoms with Gasteiger partial charge in [-0.2, -0.15) is 0 Å². The standard InChI is InChI=1S/C14H18O3/c1-4-11(9-10(2)15)12-5-7-13(8-6-12)14(16)17-3/h5-8,11H,4,9H2,1-3H3. The molecule has 1 rings (SSSR count). The van der Waals surface area contributed by atoms with Gasteiger partial charge in [0.2, 0.25) is 0 Å². The number of carbonyl (C=O) groups is 2. The molecule has 0 aliphatic carbocycles. The summed E-state index contributed by atoms with van der Waals surface area (Å²) >= 11 is 0. The number of hydrogen-bond donors (Lipinski definition) is 0. The monoisotopic (exact) mass is 234 g/mol. The predicted octanol–water partition coefficient (Wildman–Crippen LogP) is 2.95. The highest BCUT2D eigenvalue weighted by atomic mass is 16.5. The van der Waals surface area contributed by atoms with Crippen molar-refractivity contribution in [3.63, 3.8) is 0 Å². The van der Waals surface area contributed by atoms with Crippen LogP contribution in [0.25, 0.3) is 0 Å². The first-order valence-corrected chi connectivity index (χ1v) is 5.76. The van der Waals surface area contributed by atoms with Crippen LogP contribution < -0.4 is 0 Å². The highest BCUT2D eigenvalue weighted by molar-refractivity contribution is 5.89. The van der Waals surface area contributed by atoms with Gasteiger partial charge in [0.1, 0.15) is 5.78 Å². The van der Waals surface area contributed by atoms with Crippen LogP contribution in [0, 0.1) is 0 Å². The van der Waals surface area contributed by atoms with Gasteiger partial charge in [0.05, 0.1) is 12.7 Å². The zero-order valence-corrected chi connectivity index (χ0v) is 10.5. The minimum Gasteiger partial charge on any atom is -0.465 e. The van der Waals surface area contributed by atoms with Gasteiger partial charge in [-0.1, -0.05) is 19.1 Å². The normalized spacial score (nSPS) is 11.9. The van der Waals surface area contributed by atoms with Crippen molar-refractivity contribution in [3.8, 4) is 0 Å². The number of esters is 1. The molecule has 0 radical (unpaired) electrons. The van der Waals surface area contributed by atoms with Crippen molar-refractivity contribution < 1.29 is 14.3 Å². The molecule has 0 aromatic heterocycles. The van der Waals surface area contributed by atoms with Crippen molar-refractivity contribution >= 4 is 11.8 Å². The van der Waals surface area contributed by atoms with Crippen molar-refractivity contribution in [1.82, 2.24) is 0 Å². The van der Waals surface area contributed by atoms with Gasteiger partial charge in [-0.15, -0.1) is 0 Å². The highest BCUT2D eigenvalue weighted by Crippen LogP contribution is 2.23. The topological polar surface area (TPSA) is 43.4 Å². The number of carbonyl (C=O) groups excluding carboxylic acids is 2. The van der Waals surface area contributed by atoms with Crippen molar-refractivity contribution in [2.45, 2.75) is 32.6 Å². The van der Waals surface area contributed by atoms with E-state index in [1.54, 1.807) is 19.1 Å². The summed E-state index contributed by atoms with van der Waals surface area (Å²) in [6.45, 7) is 3.66. The molecule has 0 N–H and O–H groups in total. The third-order valence-electron chi connectivity index (χ3n) is 2.83. The fraction of sp³-hybridized carbons (Fsp3) is 0.429. The Kier molecular flexibility index (Phi) is 4.88. The molecule has 0 saturated carbocycles. The molecule has 0 spiro atoms. The number of Topliss-reactive ketones (excluding diaryl/α,β-unsaturated/α-hetero) is 1. The summed E-state index contributed by atoms with van der Waals surface area (Å²) in [5.74, 6) is 0.0873. The van der Waals surface area contributed by atoms with E-state index in [4.69, 9.17) is 0 Å². The van der Waals surface area contributed by atoms with Crippen LogP contribution in [0.5, 0.6) is 0 Å². The Labute approximate surface area is 102 Å². The van der Waals surface area contributed by atoms with E-state index in [0.29, 0.717) is 12.0 Å². The lowest BCUT2D eigenvalue weighted by molar-refractivity contribution is -0.117. The molecule has 92 valence electrons. The van der Waals surface area contributed by atoms with E-state index in [1.165, 1.54) is 7.11 Å². The largest absolute Gasteiger partial charge is 0.465 e. The Balaban J connectivity index is 2.84. The number of methoxy groups -OCH3 is 1. The summed E-state index contributed by atoms with van der Waals surface area (Å²) in [7, 11) is 1.36. The number of rotatable bonds is 5. The number of benzene rings is 1. The molecule has 1 unspecified atom stereocenters. The van der Waals surface area contributed by atoms with E-state index < -0.39 is 0 Å². The first kappa shape index (κ1) is 13.4. The molecule has 0 amide bonds. The van der Waals surface area contributed by atoms with Gasteiger partial charge in [-0.25, -0.2) is 4.79 Å². The average molecular weight is 234 g/mol. The summed E-state index contributed by atoms with van der Waals surface area (Å²) in [5.41, 5.74) is 1.63. The second-order valence-corrected chi connectivity index (χ2v) is 4.12. The maximum Gasteiger partial charge on any atom is 0.337 e. The van der Waals surface area contributed by atoms with Crippen LogP contribution in [0.3, 0.4) is 0 Å². The molecule has 3 nitrogen and oxygen atoms in total. The number of ether oxygens (including phenoxy) is 1. The van der Waals surface area contributed by atoms with Crippen LogP contribution in [0.15, 0.2) is 24.3 Å². The van der Waals surface area contributed by atoms with E-state index >= 15 is 0 Å². The van der Waals surface area contributed by atoms with Gasteiger partial charge >= 0.3 is 5.97 Å². The molecule has 0 aliphatic rings. The maximum atomic E-state index is 11.3. The molecular weight excluding hydrogens is 216 g/mol. The minimum atomic E-state index is -0.337. The molecule has 1 aromatic rings. The number of hydrogen-bond acceptors (Lipinski definition) is 3. The Morgan fingerprint density at radius 2 is 1.82 bits per heavy atom. The molecule has 1 aromatic carbocycles. The van der Waals surface area contributed by atoms with Gasteiger partial charge in [0.25, 0.3) is 0 Å². The summed E-state index contributed by atoms with van der Waals surface area (Å²) in [5, 5.41) is 0. The molecule has 1 atom stereocenters. The third-order valence-corrected chi connectivity index (χ3v) is 2.83. The van der Waals surface area contributed by atoms with Gasteiger partial charge in [-0.05, 0) is 37.0 Å². The van der Waals surface area contributed by atoms with Gasteiger partial charge in [0.15, 0.2) is 0 Å². The van der Waals surface area contributed by atoms with Crippen LogP contribution in [0.1, 0.15) is 48.5 Å². The fourth-order valence-electron chi connectivity index (χ4n) is 1.85. The fourth-order valence-corrected chi connectivity index (χ4v) is 1.85. The molecule has 0 fully saturated rings. The molecule has 17 heavy (non-hydrogen) atoms. The van der Waals surface area contributed by atoms with Crippen LogP contribution in [-0.2, 0) is 9.53 Å². The van der Waals surface area contributed by atoms with Crippen molar-refractivity contribution in [2.24, 2.45) is 0 Å². The van der Waals surface area contributed by atoms with Gasteiger partial charge < -0.3 is 9.53 Å². The molecular formula is C14H18O3. The Morgan fingerprint density at radius 3 is 2.24 bits per heavy atom. The lowest BCUT2D eigenvalue weighted by atomic mass is 9.91. The summed E-state index contributed by atoms with van der Waals surface area (Å²) < 4.78 is 4.63. The van der Waals surface area contributed by atoms with Crippen LogP contribution in [-0.4, -0.2) is 18.9 Å². The van der Waals surface area contributed by atoms with E-state index in [0.717, 1.165) is 12.0 Å². The molecule has 3 heteroatoms. The zero-order chi connectivity index (χ0) is 12.8. The van der Waals surface area contributed by atoms with Crippen LogP contribution in [0.2, 0.25) is 0 Å². The second-order valence-electron chi connectivity index (χ2n) is 4.12. The lowest BCUT2D eigenvalue weighted by Gasteiger charge is -2.13. The Bertz CT molecular complexity index is 392. The zero-order valence-electron chi connectivity index (χ0n) is 10.5. The average Bonchev–Trinajstić information content (AvgIpc) is 2.35. The van der Waals surface area contributed by atoms with Crippen molar-refractivity contribution in [1.29, 1.82) is 0 Å². The van der Waals surface area contributed by atoms with Gasteiger partial charge in [-0.3, -0.25) is 0 Å². The van der Waals surface area contributed by atoms with Crippen molar-refractivity contribution in [3.05, 3.63) is 35.4 Å². The highest BCUT2D eigenvalue weighted by Gasteiger charge is 2.12. The van der Waals surface area contributed by atoms with Crippen LogP contribution >= 0.6 is 0 Å². The van der Waals surface area contributed by atoms with E-state index in [1.807, 2.05) is 12.1 Å². The lowest BCUT2D eigenvalue weighted by Crippen LogP contribution is -2.05. The Morgan fingerprint density at radius 1 is 1.24 bits per heavy atom. The van der Waals surface area contributed by atoms with E-state index in [9.17, 15) is 9.59 Å². The molecule has 0 bridgehead atoms. The predicted molar refractivity (Wildman–Crippen MR) is 66.1 cm³/mol. The second kappa shape index (κ2) is 6.18. The maximum absolute atomic E-state index is 11.3. The quantitative estimate of drug-likeness (QED) is 0.736. The minimum absolute atomic E-state index is 0.189. The summed E-state index contributed by atoms with van der Waals surface area (Å²) in [4.78, 5) is 22.4. The van der Waals surface area contributed by atoms with E-state index in [-0.39, 0.29) is 17.7 Å². The van der Waals surface area contributed by atoms with Gasteiger partial charge in [0, 0.05) is 6.42 Å². The first-order valence-electron chi connectivity index (χ1n) is 5.76. The van der Waals surface area contributed by atoms with Crippen LogP contribution in [0.4, 0.5) is 0 Å². The third kappa shape index (κ3) is 3.70. The molecule has 0 heterocycles. The Hall–Kier alpha value is -1.64. The number of ketones is 1. The summed E-state index contributed by atoms with van der Waals surface area (Å²) in [6.07, 6.45) is 1.46. The summed E-state index contributed by atoms with van der Waals surface area (Å²) in [6, 6.07) is 7.26. The first-order chi connectivity index (χ1) is 8.08. The SMILES string of the molecule is CCC(CC(C)=O)c1ccc(C(=O)OC)cc1. The smallest absolute Gasteiger partial charge is 0.337 e.